The van der Waals surface area contributed by atoms with Crippen LogP contribution in [0.2, 0.25) is 0 Å². The minimum Gasteiger partial charge on any atom is -0.284 e. The fourth-order valence-corrected chi connectivity index (χ4v) is 2.22. The molecular formula is C14H13NO2S. The lowest BCUT2D eigenvalue weighted by atomic mass is 10.2. The number of hydrogen-bond donors (Lipinski definition) is 0. The van der Waals surface area contributed by atoms with Gasteiger partial charge in [0.1, 0.15) is 0 Å². The molecule has 18 heavy (non-hydrogen) atoms. The van der Waals surface area contributed by atoms with Crippen LogP contribution in [0.5, 0.6) is 0 Å². The Hall–Kier alpha value is -1.81. The van der Waals surface area contributed by atoms with E-state index in [1.807, 2.05) is 37.3 Å². The zero-order valence-electron chi connectivity index (χ0n) is 10.00. The SMILES string of the molecule is CCSC(=O)c1cccn(-c2ccccc2)c1=O. The summed E-state index contributed by atoms with van der Waals surface area (Å²) in [4.78, 5) is 24.0. The van der Waals surface area contributed by atoms with Gasteiger partial charge >= 0.3 is 0 Å². The van der Waals surface area contributed by atoms with Crippen LogP contribution in [0.1, 0.15) is 17.3 Å². The molecule has 0 aliphatic heterocycles. The molecule has 3 nitrogen and oxygen atoms in total. The monoisotopic (exact) mass is 259 g/mol. The van der Waals surface area contributed by atoms with Crippen LogP contribution >= 0.6 is 11.8 Å². The van der Waals surface area contributed by atoms with Crippen LogP contribution in [0.3, 0.4) is 0 Å². The molecule has 4 heteroatoms. The second-order valence-corrected chi connectivity index (χ2v) is 4.89. The van der Waals surface area contributed by atoms with Crippen molar-refractivity contribution >= 4 is 16.9 Å². The van der Waals surface area contributed by atoms with Crippen molar-refractivity contribution in [2.45, 2.75) is 6.92 Å². The van der Waals surface area contributed by atoms with E-state index in [9.17, 15) is 9.59 Å². The summed E-state index contributed by atoms with van der Waals surface area (Å²) in [6, 6.07) is 12.6. The van der Waals surface area contributed by atoms with E-state index >= 15 is 0 Å². The van der Waals surface area contributed by atoms with Gasteiger partial charge in [0.25, 0.3) is 5.56 Å². The Morgan fingerprint density at radius 2 is 1.89 bits per heavy atom. The zero-order chi connectivity index (χ0) is 13.0. The Labute approximate surface area is 109 Å². The van der Waals surface area contributed by atoms with E-state index in [0.717, 1.165) is 17.4 Å². The maximum absolute atomic E-state index is 12.2. The van der Waals surface area contributed by atoms with E-state index in [2.05, 4.69) is 0 Å². The van der Waals surface area contributed by atoms with Crippen LogP contribution in [0, 0.1) is 0 Å². The van der Waals surface area contributed by atoms with Gasteiger partial charge in [-0.25, -0.2) is 0 Å². The lowest BCUT2D eigenvalue weighted by Gasteiger charge is -2.06. The Balaban J connectivity index is 2.49. The summed E-state index contributed by atoms with van der Waals surface area (Å²) in [6.07, 6.45) is 1.67. The third kappa shape index (κ3) is 2.54. The fraction of sp³-hybridized carbons (Fsp3) is 0.143. The minimum absolute atomic E-state index is 0.173. The molecule has 0 fully saturated rings. The van der Waals surface area contributed by atoms with E-state index in [-0.39, 0.29) is 16.2 Å². The number of aromatic nitrogens is 1. The van der Waals surface area contributed by atoms with Gasteiger partial charge in [-0.3, -0.25) is 14.2 Å². The molecule has 0 aliphatic rings. The van der Waals surface area contributed by atoms with Crippen molar-refractivity contribution in [3.63, 3.8) is 0 Å². The van der Waals surface area contributed by atoms with Crippen LogP contribution in [0.25, 0.3) is 5.69 Å². The summed E-state index contributed by atoms with van der Waals surface area (Å²) >= 11 is 1.15. The van der Waals surface area contributed by atoms with Crippen LogP contribution in [0.15, 0.2) is 53.5 Å². The first-order chi connectivity index (χ1) is 8.74. The molecule has 0 saturated carbocycles. The summed E-state index contributed by atoms with van der Waals surface area (Å²) in [7, 11) is 0. The molecule has 0 amide bonds. The molecule has 1 heterocycles. The van der Waals surface area contributed by atoms with Crippen molar-refractivity contribution in [2.75, 3.05) is 5.75 Å². The Kier molecular flexibility index (Phi) is 3.99. The van der Waals surface area contributed by atoms with Gasteiger partial charge in [0.2, 0.25) is 5.12 Å². The molecule has 2 aromatic rings. The number of thioether (sulfide) groups is 1. The van der Waals surface area contributed by atoms with Gasteiger partial charge in [-0.15, -0.1) is 0 Å². The van der Waals surface area contributed by atoms with E-state index < -0.39 is 0 Å². The third-order valence-corrected chi connectivity index (χ3v) is 3.25. The van der Waals surface area contributed by atoms with Gasteiger partial charge in [0.05, 0.1) is 5.56 Å². The molecule has 0 unspecified atom stereocenters. The number of pyridine rings is 1. The minimum atomic E-state index is -0.269. The molecule has 0 radical (unpaired) electrons. The summed E-state index contributed by atoms with van der Waals surface area (Å²) in [6.45, 7) is 1.89. The maximum atomic E-state index is 12.2. The molecule has 0 atom stereocenters. The number of hydrogen-bond acceptors (Lipinski definition) is 3. The number of benzene rings is 1. The standard InChI is InChI=1S/C14H13NO2S/c1-2-18-14(17)12-9-6-10-15(13(12)16)11-7-4-3-5-8-11/h3-10H,2H2,1H3. The van der Waals surface area contributed by atoms with Gasteiger partial charge < -0.3 is 0 Å². The molecule has 1 aromatic heterocycles. The molecule has 0 bridgehead atoms. The Bertz CT molecular complexity index is 605. The second kappa shape index (κ2) is 5.69. The fourth-order valence-electron chi connectivity index (χ4n) is 1.65. The van der Waals surface area contributed by atoms with E-state index in [1.165, 1.54) is 4.57 Å². The predicted octanol–water partition coefficient (Wildman–Crippen LogP) is 2.73. The molecule has 2 rings (SSSR count). The quantitative estimate of drug-likeness (QED) is 0.850. The largest absolute Gasteiger partial charge is 0.284 e. The van der Waals surface area contributed by atoms with Crippen molar-refractivity contribution in [1.29, 1.82) is 0 Å². The van der Waals surface area contributed by atoms with Crippen LogP contribution in [0.4, 0.5) is 0 Å². The zero-order valence-corrected chi connectivity index (χ0v) is 10.8. The lowest BCUT2D eigenvalue weighted by molar-refractivity contribution is 0.108. The second-order valence-electron chi connectivity index (χ2n) is 3.65. The van der Waals surface area contributed by atoms with Crippen molar-refractivity contribution < 1.29 is 4.79 Å². The summed E-state index contributed by atoms with van der Waals surface area (Å²) in [5.74, 6) is 0.665. The maximum Gasteiger partial charge on any atom is 0.266 e. The first-order valence-corrected chi connectivity index (χ1v) is 6.67. The summed E-state index contributed by atoms with van der Waals surface area (Å²) < 4.78 is 1.49. The molecule has 0 aliphatic carbocycles. The van der Waals surface area contributed by atoms with Gasteiger partial charge in [-0.05, 0) is 30.0 Å². The predicted molar refractivity (Wildman–Crippen MR) is 74.5 cm³/mol. The van der Waals surface area contributed by atoms with Crippen molar-refractivity contribution in [3.05, 3.63) is 64.6 Å². The highest BCUT2D eigenvalue weighted by atomic mass is 32.2. The summed E-state index contributed by atoms with van der Waals surface area (Å²) in [5.41, 5.74) is 0.724. The highest BCUT2D eigenvalue weighted by molar-refractivity contribution is 8.14. The normalized spacial score (nSPS) is 10.3. The highest BCUT2D eigenvalue weighted by Crippen LogP contribution is 2.10. The Morgan fingerprint density at radius 1 is 1.17 bits per heavy atom. The van der Waals surface area contributed by atoms with Crippen molar-refractivity contribution in [2.24, 2.45) is 0 Å². The van der Waals surface area contributed by atoms with E-state index in [1.54, 1.807) is 18.3 Å². The molecule has 92 valence electrons. The van der Waals surface area contributed by atoms with Gasteiger partial charge in [-0.1, -0.05) is 36.9 Å². The van der Waals surface area contributed by atoms with Gasteiger partial charge in [-0.2, -0.15) is 0 Å². The number of carbonyl (C=O) groups excluding carboxylic acids is 1. The van der Waals surface area contributed by atoms with Gasteiger partial charge in [0, 0.05) is 11.9 Å². The van der Waals surface area contributed by atoms with E-state index in [0.29, 0.717) is 5.75 Å². The lowest BCUT2D eigenvalue weighted by Crippen LogP contribution is -2.23. The highest BCUT2D eigenvalue weighted by Gasteiger charge is 2.12. The first-order valence-electron chi connectivity index (χ1n) is 5.68. The number of rotatable bonds is 3. The van der Waals surface area contributed by atoms with Crippen LogP contribution in [-0.2, 0) is 0 Å². The molecule has 0 saturated heterocycles. The molecule has 0 spiro atoms. The number of nitrogens with zero attached hydrogens (tertiary/aromatic N) is 1. The summed E-state index contributed by atoms with van der Waals surface area (Å²) in [5, 5.41) is -0.173. The topological polar surface area (TPSA) is 39.1 Å². The van der Waals surface area contributed by atoms with Gasteiger partial charge in [0.15, 0.2) is 0 Å². The van der Waals surface area contributed by atoms with Crippen molar-refractivity contribution in [1.82, 2.24) is 4.57 Å². The van der Waals surface area contributed by atoms with Crippen LogP contribution in [-0.4, -0.2) is 15.4 Å². The molecule has 0 N–H and O–H groups in total. The first kappa shape index (κ1) is 12.6. The Morgan fingerprint density at radius 3 is 2.56 bits per heavy atom. The average molecular weight is 259 g/mol. The smallest absolute Gasteiger partial charge is 0.266 e. The molecular weight excluding hydrogens is 246 g/mol. The van der Waals surface area contributed by atoms with Crippen molar-refractivity contribution in [3.8, 4) is 5.69 Å². The molecule has 1 aromatic carbocycles. The number of carbonyl (C=O) groups is 1. The number of para-hydroxylation sites is 1. The third-order valence-electron chi connectivity index (χ3n) is 2.48. The average Bonchev–Trinajstić information content (AvgIpc) is 2.40. The van der Waals surface area contributed by atoms with Crippen LogP contribution < -0.4 is 5.56 Å². The van der Waals surface area contributed by atoms with E-state index in [4.69, 9.17) is 0 Å².